The molecule has 0 saturated carbocycles. The van der Waals surface area contributed by atoms with Crippen LogP contribution in [-0.4, -0.2) is 68.5 Å². The Bertz CT molecular complexity index is 1140. The molecule has 0 heterocycles. The lowest BCUT2D eigenvalue weighted by Gasteiger charge is -2.29. The second-order valence-electron chi connectivity index (χ2n) is 17.4. The van der Waals surface area contributed by atoms with Crippen LogP contribution in [0.3, 0.4) is 0 Å². The predicted molar refractivity (Wildman–Crippen MR) is 251 cm³/mol. The van der Waals surface area contributed by atoms with Crippen molar-refractivity contribution in [1.29, 1.82) is 0 Å². The van der Waals surface area contributed by atoms with Gasteiger partial charge in [-0.1, -0.05) is 197 Å². The largest absolute Gasteiger partial charge is 0.756 e. The average molecular weight is 849 g/mol. The minimum absolute atomic E-state index is 0.00237. The fourth-order valence-corrected chi connectivity index (χ4v) is 7.40. The summed E-state index contributed by atoms with van der Waals surface area (Å²) in [5.41, 5.74) is 0. The quantitative estimate of drug-likeness (QED) is 0.0274. The molecule has 0 rings (SSSR count). The van der Waals surface area contributed by atoms with Gasteiger partial charge in [0.2, 0.25) is 5.91 Å². The molecule has 3 unspecified atom stereocenters. The summed E-state index contributed by atoms with van der Waals surface area (Å²) in [6.45, 7) is 4.48. The minimum atomic E-state index is -4.58. The van der Waals surface area contributed by atoms with Gasteiger partial charge in [-0.15, -0.1) is 0 Å². The SMILES string of the molecule is CC/C=C\C/C=C\C/C=C\C/C=C\CCCCCCCCCCCCCCCCCCC(=O)NC(COP(=O)([O-])OCC[N+](C)(C)C)C(O)/C=C/CCCCCCCC. The molecule has 0 aliphatic carbocycles. The summed E-state index contributed by atoms with van der Waals surface area (Å²) in [5.74, 6) is -0.202. The molecule has 0 spiro atoms. The molecule has 0 aromatic heterocycles. The number of likely N-dealkylation sites (N-methyl/N-ethyl adjacent to an activating group) is 1. The van der Waals surface area contributed by atoms with Gasteiger partial charge in [0.25, 0.3) is 7.82 Å². The van der Waals surface area contributed by atoms with Gasteiger partial charge in [-0.25, -0.2) is 0 Å². The van der Waals surface area contributed by atoms with Gasteiger partial charge in [0.15, 0.2) is 0 Å². The van der Waals surface area contributed by atoms with Gasteiger partial charge in [0.05, 0.1) is 39.9 Å². The number of carbonyl (C=O) groups excluding carboxylic acids is 1. The van der Waals surface area contributed by atoms with Gasteiger partial charge in [-0.3, -0.25) is 9.36 Å². The summed E-state index contributed by atoms with van der Waals surface area (Å²) in [7, 11) is 1.26. The number of rotatable bonds is 43. The number of nitrogens with one attached hydrogen (secondary N) is 1. The second kappa shape index (κ2) is 41.5. The number of carbonyl (C=O) groups is 1. The van der Waals surface area contributed by atoms with Crippen LogP contribution in [0.4, 0.5) is 0 Å². The van der Waals surface area contributed by atoms with Gasteiger partial charge >= 0.3 is 0 Å². The number of phosphoric ester groups is 1. The summed E-state index contributed by atoms with van der Waals surface area (Å²) < 4.78 is 23.1. The molecule has 9 heteroatoms. The first kappa shape index (κ1) is 57.2. The van der Waals surface area contributed by atoms with E-state index >= 15 is 0 Å². The lowest BCUT2D eigenvalue weighted by molar-refractivity contribution is -0.870. The van der Waals surface area contributed by atoms with Crippen molar-refractivity contribution in [2.45, 2.75) is 212 Å². The van der Waals surface area contributed by atoms with E-state index in [4.69, 9.17) is 9.05 Å². The van der Waals surface area contributed by atoms with Crippen LogP contribution in [0.5, 0.6) is 0 Å². The first-order valence-corrected chi connectivity index (χ1v) is 25.6. The van der Waals surface area contributed by atoms with Crippen LogP contribution in [0.2, 0.25) is 0 Å². The van der Waals surface area contributed by atoms with E-state index < -0.39 is 20.0 Å². The fraction of sp³-hybridized carbons (Fsp3) is 0.780. The summed E-state index contributed by atoms with van der Waals surface area (Å²) in [4.78, 5) is 25.2. The topological polar surface area (TPSA) is 108 Å². The highest BCUT2D eigenvalue weighted by atomic mass is 31.2. The number of phosphoric acid groups is 1. The van der Waals surface area contributed by atoms with Crippen molar-refractivity contribution in [2.24, 2.45) is 0 Å². The summed E-state index contributed by atoms with van der Waals surface area (Å²) in [6, 6.07) is -0.884. The van der Waals surface area contributed by atoms with Crippen LogP contribution in [0.1, 0.15) is 200 Å². The average Bonchev–Trinajstić information content (AvgIpc) is 3.19. The highest BCUT2D eigenvalue weighted by Crippen LogP contribution is 2.38. The van der Waals surface area contributed by atoms with E-state index in [1.54, 1.807) is 6.08 Å². The maximum atomic E-state index is 12.8. The third-order valence-electron chi connectivity index (χ3n) is 10.5. The minimum Gasteiger partial charge on any atom is -0.756 e. The highest BCUT2D eigenvalue weighted by Gasteiger charge is 2.23. The maximum Gasteiger partial charge on any atom is 0.268 e. The Balaban J connectivity index is 4.03. The molecule has 1 amide bonds. The predicted octanol–water partition coefficient (Wildman–Crippen LogP) is 13.2. The number of hydrogen-bond donors (Lipinski definition) is 2. The van der Waals surface area contributed by atoms with Crippen LogP contribution in [-0.2, 0) is 18.4 Å². The van der Waals surface area contributed by atoms with Crippen molar-refractivity contribution in [2.75, 3.05) is 40.9 Å². The van der Waals surface area contributed by atoms with Crippen molar-refractivity contribution in [3.63, 3.8) is 0 Å². The van der Waals surface area contributed by atoms with Gasteiger partial charge in [0, 0.05) is 6.42 Å². The van der Waals surface area contributed by atoms with E-state index in [0.29, 0.717) is 17.4 Å². The molecule has 0 radical (unpaired) electrons. The fourth-order valence-electron chi connectivity index (χ4n) is 6.67. The van der Waals surface area contributed by atoms with Gasteiger partial charge in [-0.2, -0.15) is 0 Å². The molecule has 0 aromatic carbocycles. The third-order valence-corrected chi connectivity index (χ3v) is 11.4. The normalized spacial score (nSPS) is 14.8. The zero-order chi connectivity index (χ0) is 43.6. The van der Waals surface area contributed by atoms with E-state index in [1.807, 2.05) is 27.2 Å². The molecular formula is C50H93N2O6P. The number of aliphatic hydroxyl groups is 1. The smallest absolute Gasteiger partial charge is 0.268 e. The zero-order valence-corrected chi connectivity index (χ0v) is 39.8. The molecule has 0 saturated heterocycles. The second-order valence-corrected chi connectivity index (χ2v) is 18.8. The summed E-state index contributed by atoms with van der Waals surface area (Å²) >= 11 is 0. The molecule has 0 fully saturated rings. The van der Waals surface area contributed by atoms with Crippen molar-refractivity contribution < 1.29 is 32.9 Å². The van der Waals surface area contributed by atoms with Crippen LogP contribution in [0.15, 0.2) is 60.8 Å². The first-order valence-electron chi connectivity index (χ1n) is 24.2. The van der Waals surface area contributed by atoms with Crippen molar-refractivity contribution in [3.05, 3.63) is 60.8 Å². The summed E-state index contributed by atoms with van der Waals surface area (Å²) in [6.07, 6.45) is 54.4. The third kappa shape index (κ3) is 44.1. The van der Waals surface area contributed by atoms with E-state index in [0.717, 1.165) is 64.2 Å². The Morgan fingerprint density at radius 3 is 1.51 bits per heavy atom. The Kier molecular flexibility index (Phi) is 40.3. The molecule has 344 valence electrons. The molecule has 3 atom stereocenters. The van der Waals surface area contributed by atoms with Crippen LogP contribution in [0.25, 0.3) is 0 Å². The lowest BCUT2D eigenvalue weighted by Crippen LogP contribution is -2.45. The van der Waals surface area contributed by atoms with Crippen molar-refractivity contribution in [3.8, 4) is 0 Å². The van der Waals surface area contributed by atoms with Crippen LogP contribution < -0.4 is 10.2 Å². The Morgan fingerprint density at radius 1 is 0.610 bits per heavy atom. The number of allylic oxidation sites excluding steroid dienone is 9. The van der Waals surface area contributed by atoms with E-state index in [1.165, 1.54) is 116 Å². The van der Waals surface area contributed by atoms with Gasteiger partial charge in [-0.05, 0) is 57.8 Å². The zero-order valence-electron chi connectivity index (χ0n) is 38.9. The standard InChI is InChI=1S/C50H93N2O6P/c1-6-8-10-12-14-16-17-18-19-20-21-22-23-24-25-26-27-28-29-30-31-32-33-34-35-36-38-40-42-44-50(54)51-48(47-58-59(55,56)57-46-45-52(3,4)5)49(53)43-41-39-37-15-13-11-9-7-2/h8,10,14,16,18-19,21-22,41,43,48-49,53H,6-7,9,11-13,15,17,20,23-40,42,44-47H2,1-5H3,(H-,51,54,55,56)/b10-8-,16-14-,19-18-,22-21-,43-41+. The monoisotopic (exact) mass is 849 g/mol. The molecular weight excluding hydrogens is 756 g/mol. The number of nitrogens with zero attached hydrogens (tertiary/aromatic N) is 1. The highest BCUT2D eigenvalue weighted by molar-refractivity contribution is 7.45. The Morgan fingerprint density at radius 2 is 1.03 bits per heavy atom. The Labute approximate surface area is 364 Å². The van der Waals surface area contributed by atoms with Crippen LogP contribution >= 0.6 is 7.82 Å². The number of quaternary nitrogens is 1. The van der Waals surface area contributed by atoms with E-state index in [9.17, 15) is 19.4 Å². The number of unbranched alkanes of at least 4 members (excludes halogenated alkanes) is 22. The Hall–Kier alpha value is -1.80. The van der Waals surface area contributed by atoms with Gasteiger partial charge < -0.3 is 28.8 Å². The number of amides is 1. The molecule has 59 heavy (non-hydrogen) atoms. The molecule has 0 aromatic rings. The molecule has 0 aliphatic heterocycles. The lowest BCUT2D eigenvalue weighted by atomic mass is 10.0. The molecule has 0 bridgehead atoms. The van der Waals surface area contributed by atoms with Crippen molar-refractivity contribution in [1.82, 2.24) is 5.32 Å². The first-order chi connectivity index (χ1) is 28.5. The van der Waals surface area contributed by atoms with Crippen LogP contribution in [0, 0.1) is 0 Å². The van der Waals surface area contributed by atoms with E-state index in [-0.39, 0.29) is 19.1 Å². The summed E-state index contributed by atoms with van der Waals surface area (Å²) in [5, 5.41) is 13.7. The molecule has 2 N–H and O–H groups in total. The van der Waals surface area contributed by atoms with E-state index in [2.05, 4.69) is 67.8 Å². The number of aliphatic hydroxyl groups excluding tert-OH is 1. The van der Waals surface area contributed by atoms with Crippen molar-refractivity contribution >= 4 is 13.7 Å². The molecule has 8 nitrogen and oxygen atoms in total. The molecule has 0 aliphatic rings. The maximum absolute atomic E-state index is 12.8. The number of hydrogen-bond acceptors (Lipinski definition) is 6. The van der Waals surface area contributed by atoms with Gasteiger partial charge in [0.1, 0.15) is 13.2 Å².